The largest absolute Gasteiger partial charge is 0.493 e. The second-order valence-electron chi connectivity index (χ2n) is 5.86. The van der Waals surface area contributed by atoms with E-state index in [9.17, 15) is 0 Å². The molecule has 0 aliphatic rings. The summed E-state index contributed by atoms with van der Waals surface area (Å²) >= 11 is 0. The van der Waals surface area contributed by atoms with Gasteiger partial charge in [-0.3, -0.25) is 0 Å². The molecule has 1 N–H and O–H groups in total. The molecule has 5 heteroatoms. The fourth-order valence-electron chi connectivity index (χ4n) is 2.82. The van der Waals surface area contributed by atoms with Crippen molar-refractivity contribution in [3.05, 3.63) is 59.0 Å². The van der Waals surface area contributed by atoms with Crippen LogP contribution < -0.4 is 14.8 Å². The van der Waals surface area contributed by atoms with Crippen LogP contribution in [0, 0.1) is 13.8 Å². The summed E-state index contributed by atoms with van der Waals surface area (Å²) in [6, 6.07) is 10.2. The number of hydrogen-bond donors (Lipinski definition) is 1. The van der Waals surface area contributed by atoms with E-state index in [1.165, 1.54) is 16.8 Å². The minimum Gasteiger partial charge on any atom is -0.493 e. The van der Waals surface area contributed by atoms with Crippen molar-refractivity contribution >= 4 is 5.65 Å². The van der Waals surface area contributed by atoms with Crippen LogP contribution in [0.25, 0.3) is 5.65 Å². The number of hydrogen-bond acceptors (Lipinski definition) is 4. The van der Waals surface area contributed by atoms with E-state index in [0.717, 1.165) is 35.9 Å². The van der Waals surface area contributed by atoms with E-state index in [1.807, 2.05) is 24.3 Å². The van der Waals surface area contributed by atoms with Crippen molar-refractivity contribution in [2.45, 2.75) is 26.9 Å². The van der Waals surface area contributed by atoms with E-state index in [2.05, 4.69) is 40.8 Å². The highest BCUT2D eigenvalue weighted by Crippen LogP contribution is 2.30. The molecule has 0 atom stereocenters. The fourth-order valence-corrected chi connectivity index (χ4v) is 2.82. The number of fused-ring (bicyclic) bond motifs is 1. The minimum atomic E-state index is 0.717. The van der Waals surface area contributed by atoms with Gasteiger partial charge in [0.25, 0.3) is 0 Å². The zero-order valence-electron chi connectivity index (χ0n) is 14.6. The normalized spacial score (nSPS) is 11.0. The molecule has 0 radical (unpaired) electrons. The second kappa shape index (κ2) is 6.93. The molecule has 0 bridgehead atoms. The van der Waals surface area contributed by atoms with Crippen LogP contribution in [0.3, 0.4) is 0 Å². The summed E-state index contributed by atoms with van der Waals surface area (Å²) in [6.07, 6.45) is 2.08. The van der Waals surface area contributed by atoms with Gasteiger partial charge in [0.2, 0.25) is 0 Å². The maximum atomic E-state index is 5.38. The number of rotatable bonds is 6. The lowest BCUT2D eigenvalue weighted by molar-refractivity contribution is 0.354. The highest BCUT2D eigenvalue weighted by atomic mass is 16.5. The molecule has 2 heterocycles. The van der Waals surface area contributed by atoms with Crippen LogP contribution in [0.5, 0.6) is 11.5 Å². The topological polar surface area (TPSA) is 47.8 Å². The zero-order valence-corrected chi connectivity index (χ0v) is 14.6. The van der Waals surface area contributed by atoms with Crippen molar-refractivity contribution in [1.82, 2.24) is 14.7 Å². The Labute approximate surface area is 142 Å². The van der Waals surface area contributed by atoms with Crippen molar-refractivity contribution in [2.75, 3.05) is 14.2 Å². The lowest BCUT2D eigenvalue weighted by Crippen LogP contribution is -2.14. The third-order valence-corrected chi connectivity index (χ3v) is 4.21. The Balaban J connectivity index is 1.70. The monoisotopic (exact) mass is 325 g/mol. The van der Waals surface area contributed by atoms with Crippen LogP contribution in [0.4, 0.5) is 0 Å². The van der Waals surface area contributed by atoms with Gasteiger partial charge in [0.05, 0.1) is 19.9 Å². The number of aromatic nitrogens is 2. The van der Waals surface area contributed by atoms with E-state index in [-0.39, 0.29) is 0 Å². The Bertz CT molecular complexity index is 855. The molecule has 0 spiro atoms. The molecule has 0 aliphatic heterocycles. The Morgan fingerprint density at radius 3 is 2.50 bits per heavy atom. The maximum Gasteiger partial charge on any atom is 0.161 e. The summed E-state index contributed by atoms with van der Waals surface area (Å²) in [5, 5.41) is 3.46. The first-order valence-corrected chi connectivity index (χ1v) is 7.98. The van der Waals surface area contributed by atoms with Gasteiger partial charge in [0, 0.05) is 25.0 Å². The molecule has 5 nitrogen and oxygen atoms in total. The third-order valence-electron chi connectivity index (χ3n) is 4.21. The first kappa shape index (κ1) is 16.3. The molecule has 0 unspecified atom stereocenters. The molecule has 126 valence electrons. The molecule has 0 fully saturated rings. The predicted molar refractivity (Wildman–Crippen MR) is 94.8 cm³/mol. The molecule has 24 heavy (non-hydrogen) atoms. The summed E-state index contributed by atoms with van der Waals surface area (Å²) in [5.74, 6) is 1.51. The minimum absolute atomic E-state index is 0.717. The number of pyridine rings is 1. The number of ether oxygens (including phenoxy) is 2. The number of benzene rings is 1. The first-order chi connectivity index (χ1) is 11.6. The number of imidazole rings is 1. The van der Waals surface area contributed by atoms with Crippen molar-refractivity contribution < 1.29 is 9.47 Å². The molecule has 3 rings (SSSR count). The Kier molecular flexibility index (Phi) is 4.71. The maximum absolute atomic E-state index is 5.38. The molecule has 0 saturated carbocycles. The van der Waals surface area contributed by atoms with Crippen LogP contribution in [0.1, 0.15) is 22.5 Å². The molecule has 2 aromatic heterocycles. The van der Waals surface area contributed by atoms with Gasteiger partial charge in [-0.1, -0.05) is 6.07 Å². The highest BCUT2D eigenvalue weighted by Gasteiger charge is 2.09. The van der Waals surface area contributed by atoms with E-state index < -0.39 is 0 Å². The van der Waals surface area contributed by atoms with Gasteiger partial charge in [-0.2, -0.15) is 0 Å². The van der Waals surface area contributed by atoms with E-state index in [4.69, 9.17) is 9.47 Å². The zero-order chi connectivity index (χ0) is 17.1. The molecular weight excluding hydrogens is 302 g/mol. The fraction of sp³-hybridized carbons (Fsp3) is 0.316. The smallest absolute Gasteiger partial charge is 0.161 e. The standard InChI is InChI=1S/C19H23N3O2/c1-13-8-17(23-3)18(24-4)9-15(13)10-20-11-16-12-22-14(2)6-5-7-19(22)21-16/h5-9,12,20H,10-11H2,1-4H3. The number of methoxy groups -OCH3 is 2. The first-order valence-electron chi connectivity index (χ1n) is 7.98. The molecular formula is C19H23N3O2. The quantitative estimate of drug-likeness (QED) is 0.756. The van der Waals surface area contributed by atoms with Crippen LogP contribution >= 0.6 is 0 Å². The van der Waals surface area contributed by atoms with Crippen molar-refractivity contribution in [3.63, 3.8) is 0 Å². The third kappa shape index (κ3) is 3.21. The molecule has 0 aliphatic carbocycles. The Morgan fingerprint density at radius 1 is 1.04 bits per heavy atom. The SMILES string of the molecule is COc1cc(C)c(CNCc2cn3c(C)cccc3n2)cc1OC. The molecule has 1 aromatic carbocycles. The lowest BCUT2D eigenvalue weighted by Gasteiger charge is -2.13. The van der Waals surface area contributed by atoms with Gasteiger partial charge >= 0.3 is 0 Å². The second-order valence-corrected chi connectivity index (χ2v) is 5.86. The van der Waals surface area contributed by atoms with E-state index in [0.29, 0.717) is 0 Å². The van der Waals surface area contributed by atoms with E-state index in [1.54, 1.807) is 14.2 Å². The summed E-state index contributed by atoms with van der Waals surface area (Å²) in [6.45, 7) is 5.63. The lowest BCUT2D eigenvalue weighted by atomic mass is 10.1. The highest BCUT2D eigenvalue weighted by molar-refractivity contribution is 5.47. The summed E-state index contributed by atoms with van der Waals surface area (Å²) in [4.78, 5) is 4.64. The number of nitrogens with zero attached hydrogens (tertiary/aromatic N) is 2. The molecule has 3 aromatic rings. The van der Waals surface area contributed by atoms with Crippen LogP contribution in [-0.2, 0) is 13.1 Å². The average molecular weight is 325 g/mol. The van der Waals surface area contributed by atoms with Crippen LogP contribution in [0.15, 0.2) is 36.5 Å². The van der Waals surface area contributed by atoms with Gasteiger partial charge in [-0.05, 0) is 49.2 Å². The number of nitrogens with one attached hydrogen (secondary N) is 1. The Hall–Kier alpha value is -2.53. The summed E-state index contributed by atoms with van der Waals surface area (Å²) in [5.41, 5.74) is 5.55. The van der Waals surface area contributed by atoms with Crippen LogP contribution in [-0.4, -0.2) is 23.6 Å². The van der Waals surface area contributed by atoms with Gasteiger partial charge < -0.3 is 19.2 Å². The van der Waals surface area contributed by atoms with Gasteiger partial charge in [0.1, 0.15) is 5.65 Å². The summed E-state index contributed by atoms with van der Waals surface area (Å²) < 4.78 is 12.8. The molecule has 0 amide bonds. The van der Waals surface area contributed by atoms with E-state index >= 15 is 0 Å². The van der Waals surface area contributed by atoms with Crippen molar-refractivity contribution in [2.24, 2.45) is 0 Å². The van der Waals surface area contributed by atoms with Crippen molar-refractivity contribution in [1.29, 1.82) is 0 Å². The average Bonchev–Trinajstić information content (AvgIpc) is 3.00. The Morgan fingerprint density at radius 2 is 1.79 bits per heavy atom. The molecule has 0 saturated heterocycles. The van der Waals surface area contributed by atoms with Gasteiger partial charge in [0.15, 0.2) is 11.5 Å². The van der Waals surface area contributed by atoms with Crippen LogP contribution in [0.2, 0.25) is 0 Å². The predicted octanol–water partition coefficient (Wildman–Crippen LogP) is 3.26. The number of aryl methyl sites for hydroxylation is 2. The van der Waals surface area contributed by atoms with Crippen molar-refractivity contribution in [3.8, 4) is 11.5 Å². The summed E-state index contributed by atoms with van der Waals surface area (Å²) in [7, 11) is 3.31. The van der Waals surface area contributed by atoms with Gasteiger partial charge in [-0.25, -0.2) is 4.98 Å². The van der Waals surface area contributed by atoms with Gasteiger partial charge in [-0.15, -0.1) is 0 Å².